The number of pyridine rings is 1. The van der Waals surface area contributed by atoms with E-state index in [0.29, 0.717) is 6.04 Å². The van der Waals surface area contributed by atoms with Crippen molar-refractivity contribution in [1.82, 2.24) is 19.7 Å². The zero-order valence-corrected chi connectivity index (χ0v) is 12.6. The lowest BCUT2D eigenvalue weighted by Crippen LogP contribution is -2.26. The molecular weight excluding hydrogens is 262 g/mol. The summed E-state index contributed by atoms with van der Waals surface area (Å²) >= 11 is 0. The smallest absolute Gasteiger partial charge is 0.178 e. The molecule has 2 heterocycles. The van der Waals surface area contributed by atoms with Gasteiger partial charge in [-0.25, -0.2) is 14.6 Å². The lowest BCUT2D eigenvalue weighted by atomic mass is 9.83. The van der Waals surface area contributed by atoms with Crippen LogP contribution in [0.1, 0.15) is 45.4 Å². The minimum atomic E-state index is 0.546. The molecule has 2 aromatic rings. The largest absolute Gasteiger partial charge is 0.379 e. The Morgan fingerprint density at radius 2 is 2.14 bits per heavy atom. The van der Waals surface area contributed by atoms with Gasteiger partial charge in [0.2, 0.25) is 0 Å². The van der Waals surface area contributed by atoms with Crippen LogP contribution in [-0.2, 0) is 0 Å². The molecule has 0 radical (unpaired) electrons. The molecule has 0 aromatic carbocycles. The Balaban J connectivity index is 1.66. The maximum absolute atomic E-state index is 4.43. The summed E-state index contributed by atoms with van der Waals surface area (Å²) in [6.07, 6.45) is 12.9. The lowest BCUT2D eigenvalue weighted by molar-refractivity contribution is 0.319. The van der Waals surface area contributed by atoms with Crippen molar-refractivity contribution >= 4 is 5.69 Å². The van der Waals surface area contributed by atoms with Crippen LogP contribution >= 0.6 is 0 Å². The molecule has 112 valence electrons. The Morgan fingerprint density at radius 1 is 1.29 bits per heavy atom. The van der Waals surface area contributed by atoms with Crippen LogP contribution in [-0.4, -0.2) is 25.8 Å². The van der Waals surface area contributed by atoms with Crippen LogP contribution in [0.25, 0.3) is 5.82 Å². The number of aromatic nitrogens is 4. The Labute approximate surface area is 125 Å². The van der Waals surface area contributed by atoms with Crippen LogP contribution in [0.5, 0.6) is 0 Å². The summed E-state index contributed by atoms with van der Waals surface area (Å²) in [5.74, 6) is 1.75. The average molecular weight is 285 g/mol. The first-order valence-electron chi connectivity index (χ1n) is 7.93. The predicted octanol–water partition coefficient (Wildman–Crippen LogP) is 3.43. The molecule has 0 spiro atoms. The van der Waals surface area contributed by atoms with Crippen molar-refractivity contribution in [2.75, 3.05) is 5.32 Å². The predicted molar refractivity (Wildman–Crippen MR) is 83.4 cm³/mol. The monoisotopic (exact) mass is 285 g/mol. The maximum atomic E-state index is 4.43. The minimum absolute atomic E-state index is 0.546. The van der Waals surface area contributed by atoms with Crippen LogP contribution < -0.4 is 5.32 Å². The van der Waals surface area contributed by atoms with Gasteiger partial charge >= 0.3 is 0 Å². The van der Waals surface area contributed by atoms with Gasteiger partial charge in [-0.15, -0.1) is 0 Å². The highest BCUT2D eigenvalue weighted by Gasteiger charge is 2.21. The molecule has 21 heavy (non-hydrogen) atoms. The molecule has 1 N–H and O–H groups in total. The highest BCUT2D eigenvalue weighted by Crippen LogP contribution is 2.30. The van der Waals surface area contributed by atoms with Crippen LogP contribution in [0.4, 0.5) is 5.69 Å². The summed E-state index contributed by atoms with van der Waals surface area (Å²) in [7, 11) is 0. The standard InChI is InChI=1S/C16H23N5/c1-2-4-13-6-8-14(9-7-13)20-15-5-3-10-18-16(15)21-12-17-11-19-21/h3,5,10-14,20H,2,4,6-9H2,1H3. The van der Waals surface area contributed by atoms with Crippen molar-refractivity contribution in [3.05, 3.63) is 31.0 Å². The quantitative estimate of drug-likeness (QED) is 0.914. The number of nitrogens with one attached hydrogen (secondary N) is 1. The van der Waals surface area contributed by atoms with Gasteiger partial charge < -0.3 is 5.32 Å². The third-order valence-electron chi connectivity index (χ3n) is 4.33. The lowest BCUT2D eigenvalue weighted by Gasteiger charge is -2.30. The van der Waals surface area contributed by atoms with Gasteiger partial charge in [0.15, 0.2) is 5.82 Å². The van der Waals surface area contributed by atoms with E-state index in [1.54, 1.807) is 17.2 Å². The van der Waals surface area contributed by atoms with E-state index in [4.69, 9.17) is 0 Å². The Hall–Kier alpha value is -1.91. The number of hydrogen-bond donors (Lipinski definition) is 1. The van der Waals surface area contributed by atoms with Gasteiger partial charge in [0, 0.05) is 12.2 Å². The molecule has 0 atom stereocenters. The van der Waals surface area contributed by atoms with Crippen molar-refractivity contribution in [2.45, 2.75) is 51.5 Å². The fraction of sp³-hybridized carbons (Fsp3) is 0.562. The van der Waals surface area contributed by atoms with E-state index in [0.717, 1.165) is 17.4 Å². The van der Waals surface area contributed by atoms with Crippen molar-refractivity contribution in [2.24, 2.45) is 5.92 Å². The molecule has 5 heteroatoms. The molecule has 0 bridgehead atoms. The second kappa shape index (κ2) is 6.70. The zero-order valence-electron chi connectivity index (χ0n) is 12.6. The normalized spacial score (nSPS) is 22.1. The zero-order chi connectivity index (χ0) is 14.5. The first-order valence-corrected chi connectivity index (χ1v) is 7.93. The van der Waals surface area contributed by atoms with Crippen molar-refractivity contribution in [3.63, 3.8) is 0 Å². The Morgan fingerprint density at radius 3 is 2.86 bits per heavy atom. The van der Waals surface area contributed by atoms with E-state index >= 15 is 0 Å². The number of anilines is 1. The third kappa shape index (κ3) is 3.40. The molecule has 1 aliphatic rings. The van der Waals surface area contributed by atoms with Gasteiger partial charge in [-0.2, -0.15) is 5.10 Å². The van der Waals surface area contributed by atoms with Gasteiger partial charge in [0.1, 0.15) is 12.7 Å². The minimum Gasteiger partial charge on any atom is -0.379 e. The van der Waals surface area contributed by atoms with Crippen LogP contribution in [0.15, 0.2) is 31.0 Å². The Bertz CT molecular complexity index is 544. The fourth-order valence-corrected chi connectivity index (χ4v) is 3.23. The molecule has 3 rings (SSSR count). The van der Waals surface area contributed by atoms with Gasteiger partial charge in [0.25, 0.3) is 0 Å². The highest BCUT2D eigenvalue weighted by molar-refractivity contribution is 5.56. The molecule has 1 aliphatic carbocycles. The molecule has 0 saturated heterocycles. The molecular formula is C16H23N5. The number of hydrogen-bond acceptors (Lipinski definition) is 4. The first-order chi connectivity index (χ1) is 10.4. The summed E-state index contributed by atoms with van der Waals surface area (Å²) in [6.45, 7) is 2.28. The summed E-state index contributed by atoms with van der Waals surface area (Å²) < 4.78 is 1.71. The van der Waals surface area contributed by atoms with E-state index in [9.17, 15) is 0 Å². The molecule has 2 aromatic heterocycles. The van der Waals surface area contributed by atoms with E-state index in [1.165, 1.54) is 44.9 Å². The molecule has 5 nitrogen and oxygen atoms in total. The van der Waals surface area contributed by atoms with Crippen molar-refractivity contribution in [1.29, 1.82) is 0 Å². The van der Waals surface area contributed by atoms with Crippen molar-refractivity contribution in [3.8, 4) is 5.82 Å². The summed E-state index contributed by atoms with van der Waals surface area (Å²) in [6, 6.07) is 4.58. The summed E-state index contributed by atoms with van der Waals surface area (Å²) in [5.41, 5.74) is 1.04. The molecule has 1 saturated carbocycles. The van der Waals surface area contributed by atoms with Crippen molar-refractivity contribution < 1.29 is 0 Å². The molecule has 0 amide bonds. The Kier molecular flexibility index (Phi) is 4.48. The average Bonchev–Trinajstić information content (AvgIpc) is 3.04. The molecule has 0 aliphatic heterocycles. The number of rotatable bonds is 5. The van der Waals surface area contributed by atoms with E-state index in [2.05, 4.69) is 33.4 Å². The number of nitrogens with zero attached hydrogens (tertiary/aromatic N) is 4. The topological polar surface area (TPSA) is 55.6 Å². The van der Waals surface area contributed by atoms with E-state index < -0.39 is 0 Å². The van der Waals surface area contributed by atoms with Crippen LogP contribution in [0.2, 0.25) is 0 Å². The third-order valence-corrected chi connectivity index (χ3v) is 4.33. The first kappa shape index (κ1) is 14.0. The van der Waals surface area contributed by atoms with E-state index in [1.807, 2.05) is 6.07 Å². The van der Waals surface area contributed by atoms with Gasteiger partial charge in [-0.3, -0.25) is 0 Å². The fourth-order valence-electron chi connectivity index (χ4n) is 3.23. The van der Waals surface area contributed by atoms with Crippen LogP contribution in [0, 0.1) is 5.92 Å². The van der Waals surface area contributed by atoms with Gasteiger partial charge in [0.05, 0.1) is 5.69 Å². The van der Waals surface area contributed by atoms with Gasteiger partial charge in [-0.05, 0) is 43.7 Å². The SMILES string of the molecule is CCCC1CCC(Nc2cccnc2-n2cncn2)CC1. The van der Waals surface area contributed by atoms with Gasteiger partial charge in [-0.1, -0.05) is 19.8 Å². The second-order valence-corrected chi connectivity index (χ2v) is 5.87. The van der Waals surface area contributed by atoms with Crippen LogP contribution in [0.3, 0.4) is 0 Å². The maximum Gasteiger partial charge on any atom is 0.178 e. The van der Waals surface area contributed by atoms with E-state index in [-0.39, 0.29) is 0 Å². The summed E-state index contributed by atoms with van der Waals surface area (Å²) in [5, 5.41) is 7.83. The molecule has 1 fully saturated rings. The molecule has 0 unspecified atom stereocenters. The highest BCUT2D eigenvalue weighted by atomic mass is 15.3. The second-order valence-electron chi connectivity index (χ2n) is 5.87. The summed E-state index contributed by atoms with van der Waals surface area (Å²) in [4.78, 5) is 8.43.